The van der Waals surface area contributed by atoms with Gasteiger partial charge in [-0.1, -0.05) is 23.7 Å². The molecule has 1 amide bonds. The Kier molecular flexibility index (Phi) is 7.28. The predicted octanol–water partition coefficient (Wildman–Crippen LogP) is 2.97. The monoisotopic (exact) mass is 477 g/mol. The third-order valence-electron chi connectivity index (χ3n) is 3.79. The van der Waals surface area contributed by atoms with Crippen LogP contribution in [0.5, 0.6) is 0 Å². The van der Waals surface area contributed by atoms with E-state index in [0.29, 0.717) is 28.3 Å². The Labute approximate surface area is 180 Å². The Morgan fingerprint density at radius 2 is 1.81 bits per heavy atom. The highest BCUT2D eigenvalue weighted by Crippen LogP contribution is 2.36. The summed E-state index contributed by atoms with van der Waals surface area (Å²) in [5.74, 6) is -2.07. The number of carboxylic acids is 1. The summed E-state index contributed by atoms with van der Waals surface area (Å²) >= 11 is 5.87. The zero-order valence-electron chi connectivity index (χ0n) is 15.7. The topological polar surface area (TPSA) is 116 Å². The van der Waals surface area contributed by atoms with Crippen molar-refractivity contribution in [2.75, 3.05) is 17.1 Å². The van der Waals surface area contributed by atoms with Crippen molar-refractivity contribution in [3.63, 3.8) is 0 Å². The van der Waals surface area contributed by atoms with Crippen molar-refractivity contribution in [1.82, 2.24) is 5.43 Å². The van der Waals surface area contributed by atoms with E-state index in [4.69, 9.17) is 16.7 Å². The number of rotatable bonds is 7. The molecule has 0 radical (unpaired) electrons. The molecular formula is C18H15ClF3N3O5S. The SMILES string of the molecule is CS(=O)(=O)N(CC(=O)N/N=C\c1ccc(C(=O)O)cc1)c1cc(C(F)(F)F)ccc1Cl. The van der Waals surface area contributed by atoms with Gasteiger partial charge in [-0.05, 0) is 35.9 Å². The maximum absolute atomic E-state index is 13.0. The molecule has 2 aromatic rings. The number of carbonyl (C=O) groups is 2. The van der Waals surface area contributed by atoms with Crippen LogP contribution in [0.2, 0.25) is 5.02 Å². The lowest BCUT2D eigenvalue weighted by Gasteiger charge is -2.23. The quantitative estimate of drug-likeness (QED) is 0.470. The Hall–Kier alpha value is -3.12. The first-order chi connectivity index (χ1) is 14.3. The van der Waals surface area contributed by atoms with E-state index in [2.05, 4.69) is 5.10 Å². The fourth-order valence-electron chi connectivity index (χ4n) is 2.32. The minimum absolute atomic E-state index is 0.0444. The van der Waals surface area contributed by atoms with E-state index in [9.17, 15) is 31.2 Å². The summed E-state index contributed by atoms with van der Waals surface area (Å²) in [5.41, 5.74) is 0.882. The number of carbonyl (C=O) groups excluding carboxylic acids is 1. The van der Waals surface area contributed by atoms with E-state index in [-0.39, 0.29) is 10.6 Å². The summed E-state index contributed by atoms with van der Waals surface area (Å²) in [7, 11) is -4.17. The number of carboxylic acid groups (broad SMARTS) is 1. The van der Waals surface area contributed by atoms with Crippen LogP contribution in [0.3, 0.4) is 0 Å². The molecular weight excluding hydrogens is 463 g/mol. The summed E-state index contributed by atoms with van der Waals surface area (Å²) in [6, 6.07) is 7.57. The van der Waals surface area contributed by atoms with Gasteiger partial charge in [0.1, 0.15) is 6.54 Å². The van der Waals surface area contributed by atoms with Gasteiger partial charge in [-0.2, -0.15) is 18.3 Å². The first-order valence-electron chi connectivity index (χ1n) is 8.29. The highest BCUT2D eigenvalue weighted by atomic mass is 35.5. The molecule has 2 aromatic carbocycles. The normalized spacial score (nSPS) is 12.0. The summed E-state index contributed by atoms with van der Waals surface area (Å²) < 4.78 is 63.5. The lowest BCUT2D eigenvalue weighted by molar-refractivity contribution is -0.137. The molecule has 0 spiro atoms. The fourth-order valence-corrected chi connectivity index (χ4v) is 3.45. The van der Waals surface area contributed by atoms with Crippen LogP contribution in [0.15, 0.2) is 47.6 Å². The summed E-state index contributed by atoms with van der Waals surface area (Å²) in [6.45, 7) is -0.880. The number of amides is 1. The predicted molar refractivity (Wildman–Crippen MR) is 108 cm³/mol. The zero-order valence-corrected chi connectivity index (χ0v) is 17.3. The number of benzene rings is 2. The average molecular weight is 478 g/mol. The molecule has 8 nitrogen and oxygen atoms in total. The van der Waals surface area contributed by atoms with Crippen molar-refractivity contribution < 1.29 is 36.3 Å². The second-order valence-electron chi connectivity index (χ2n) is 6.15. The minimum Gasteiger partial charge on any atom is -0.478 e. The third kappa shape index (κ3) is 6.69. The number of halogens is 4. The van der Waals surface area contributed by atoms with E-state index in [0.717, 1.165) is 6.07 Å². The molecule has 2 rings (SSSR count). The summed E-state index contributed by atoms with van der Waals surface area (Å²) in [4.78, 5) is 22.9. The summed E-state index contributed by atoms with van der Waals surface area (Å²) in [6.07, 6.45) is -2.86. The largest absolute Gasteiger partial charge is 0.478 e. The van der Waals surface area contributed by atoms with Gasteiger partial charge in [0.05, 0.1) is 34.3 Å². The number of hydrogen-bond acceptors (Lipinski definition) is 5. The van der Waals surface area contributed by atoms with E-state index in [1.54, 1.807) is 0 Å². The van der Waals surface area contributed by atoms with E-state index >= 15 is 0 Å². The van der Waals surface area contributed by atoms with Gasteiger partial charge < -0.3 is 5.11 Å². The molecule has 0 aliphatic carbocycles. The van der Waals surface area contributed by atoms with Crippen LogP contribution >= 0.6 is 11.6 Å². The molecule has 0 fully saturated rings. The Bertz CT molecular complexity index is 1120. The van der Waals surface area contributed by atoms with E-state index < -0.39 is 45.9 Å². The number of aromatic carboxylic acids is 1. The zero-order chi connectivity index (χ0) is 23.4. The van der Waals surface area contributed by atoms with Crippen LogP contribution in [0, 0.1) is 0 Å². The smallest absolute Gasteiger partial charge is 0.416 e. The average Bonchev–Trinajstić information content (AvgIpc) is 2.65. The van der Waals surface area contributed by atoms with E-state index in [1.165, 1.54) is 30.5 Å². The van der Waals surface area contributed by atoms with Gasteiger partial charge in [0.2, 0.25) is 10.0 Å². The van der Waals surface area contributed by atoms with Crippen LogP contribution < -0.4 is 9.73 Å². The van der Waals surface area contributed by atoms with Crippen molar-refractivity contribution >= 4 is 45.4 Å². The van der Waals surface area contributed by atoms with Crippen LogP contribution in [-0.2, 0) is 21.0 Å². The first-order valence-corrected chi connectivity index (χ1v) is 10.5. The van der Waals surface area contributed by atoms with Crippen molar-refractivity contribution in [3.8, 4) is 0 Å². The number of sulfonamides is 1. The number of nitrogens with one attached hydrogen (secondary N) is 1. The third-order valence-corrected chi connectivity index (χ3v) is 5.24. The summed E-state index contributed by atoms with van der Waals surface area (Å²) in [5, 5.41) is 12.2. The molecule has 2 N–H and O–H groups in total. The van der Waals surface area contributed by atoms with Gasteiger partial charge in [-0.15, -0.1) is 0 Å². The highest BCUT2D eigenvalue weighted by molar-refractivity contribution is 7.92. The Morgan fingerprint density at radius 1 is 1.19 bits per heavy atom. The van der Waals surface area contributed by atoms with Crippen molar-refractivity contribution in [2.45, 2.75) is 6.18 Å². The maximum atomic E-state index is 13.0. The fraction of sp³-hybridized carbons (Fsp3) is 0.167. The maximum Gasteiger partial charge on any atom is 0.416 e. The van der Waals surface area contributed by atoms with Gasteiger partial charge in [0.25, 0.3) is 5.91 Å². The molecule has 0 saturated carbocycles. The molecule has 166 valence electrons. The number of anilines is 1. The molecule has 0 aliphatic heterocycles. The van der Waals surface area contributed by atoms with Gasteiger partial charge >= 0.3 is 12.1 Å². The lowest BCUT2D eigenvalue weighted by Crippen LogP contribution is -2.39. The number of hydrogen-bond donors (Lipinski definition) is 2. The van der Waals surface area contributed by atoms with Gasteiger partial charge in [0.15, 0.2) is 0 Å². The van der Waals surface area contributed by atoms with E-state index in [1.807, 2.05) is 5.43 Å². The molecule has 0 heterocycles. The number of alkyl halides is 3. The highest BCUT2D eigenvalue weighted by Gasteiger charge is 2.33. The lowest BCUT2D eigenvalue weighted by atomic mass is 10.1. The molecule has 13 heteroatoms. The van der Waals surface area contributed by atoms with Crippen LogP contribution in [0.25, 0.3) is 0 Å². The molecule has 0 atom stereocenters. The minimum atomic E-state index is -4.74. The number of hydrazone groups is 1. The van der Waals surface area contributed by atoms with Crippen molar-refractivity contribution in [1.29, 1.82) is 0 Å². The van der Waals surface area contributed by atoms with Gasteiger partial charge in [-0.3, -0.25) is 9.10 Å². The first kappa shape index (κ1) is 24.2. The van der Waals surface area contributed by atoms with Crippen LogP contribution in [0.4, 0.5) is 18.9 Å². The second-order valence-corrected chi connectivity index (χ2v) is 8.47. The molecule has 0 unspecified atom stereocenters. The molecule has 0 bridgehead atoms. The molecule has 31 heavy (non-hydrogen) atoms. The second kappa shape index (κ2) is 9.35. The molecule has 0 aliphatic rings. The van der Waals surface area contributed by atoms with Crippen molar-refractivity contribution in [3.05, 3.63) is 64.2 Å². The Balaban J connectivity index is 2.18. The van der Waals surface area contributed by atoms with Gasteiger partial charge in [-0.25, -0.2) is 18.6 Å². The standard InChI is InChI=1S/C18H15ClF3N3O5S/c1-31(29,30)25(15-8-13(18(20,21)22)6-7-14(15)19)10-16(26)24-23-9-11-2-4-12(5-3-11)17(27)28/h2-9H,10H2,1H3,(H,24,26)(H,27,28)/b23-9-. The van der Waals surface area contributed by atoms with Crippen LogP contribution in [-0.4, -0.2) is 44.4 Å². The van der Waals surface area contributed by atoms with Crippen LogP contribution in [0.1, 0.15) is 21.5 Å². The Morgan fingerprint density at radius 3 is 2.32 bits per heavy atom. The van der Waals surface area contributed by atoms with Crippen molar-refractivity contribution in [2.24, 2.45) is 5.10 Å². The number of nitrogens with zero attached hydrogens (tertiary/aromatic N) is 2. The van der Waals surface area contributed by atoms with Gasteiger partial charge in [0, 0.05) is 0 Å². The molecule has 0 saturated heterocycles. The molecule has 0 aromatic heterocycles.